The van der Waals surface area contributed by atoms with Gasteiger partial charge in [-0.25, -0.2) is 4.99 Å². The fourth-order valence-corrected chi connectivity index (χ4v) is 1.04. The first-order chi connectivity index (χ1) is 7.74. The zero-order valence-electron chi connectivity index (χ0n) is 8.41. The summed E-state index contributed by atoms with van der Waals surface area (Å²) in [6, 6.07) is 3.56. The number of furan rings is 1. The number of rotatable bonds is 3. The Morgan fingerprint density at radius 2 is 2.44 bits per heavy atom. The van der Waals surface area contributed by atoms with Gasteiger partial charge in [-0.15, -0.1) is 5.10 Å². The minimum absolute atomic E-state index is 0.00488. The second-order valence-corrected chi connectivity index (χ2v) is 2.94. The molecule has 0 spiro atoms. The van der Waals surface area contributed by atoms with Gasteiger partial charge in [0.15, 0.2) is 0 Å². The number of nitrogens with zero attached hydrogens (tertiary/aromatic N) is 4. The van der Waals surface area contributed by atoms with Crippen LogP contribution in [0.4, 0.5) is 5.95 Å². The maximum Gasteiger partial charge on any atom is 0.288 e. The molecule has 0 aromatic carbocycles. The Hall–Kier alpha value is -2.44. The summed E-state index contributed by atoms with van der Waals surface area (Å²) in [5, 5.41) is 23.8. The molecule has 2 rings (SSSR count). The highest BCUT2D eigenvalue weighted by atomic mass is 16.3. The minimum Gasteiger partial charge on any atom is -0.859 e. The van der Waals surface area contributed by atoms with Gasteiger partial charge in [-0.3, -0.25) is 0 Å². The van der Waals surface area contributed by atoms with Crippen LogP contribution in [-0.4, -0.2) is 26.5 Å². The molecule has 2 aromatic heterocycles. The van der Waals surface area contributed by atoms with Crippen molar-refractivity contribution < 1.29 is 9.52 Å². The lowest BCUT2D eigenvalue weighted by Gasteiger charge is -2.00. The van der Waals surface area contributed by atoms with Crippen LogP contribution in [0.3, 0.4) is 0 Å². The van der Waals surface area contributed by atoms with Crippen molar-refractivity contribution >= 4 is 17.9 Å². The lowest BCUT2D eigenvalue weighted by Crippen LogP contribution is -2.13. The van der Waals surface area contributed by atoms with Crippen LogP contribution >= 0.6 is 0 Å². The van der Waals surface area contributed by atoms with E-state index in [1.165, 1.54) is 12.2 Å². The van der Waals surface area contributed by atoms with Crippen LogP contribution in [0.5, 0.6) is 0 Å². The van der Waals surface area contributed by atoms with Crippen LogP contribution in [0.15, 0.2) is 27.6 Å². The molecule has 0 bridgehead atoms. The molecule has 7 nitrogen and oxygen atoms in total. The van der Waals surface area contributed by atoms with E-state index < -0.39 is 5.90 Å². The van der Waals surface area contributed by atoms with Gasteiger partial charge in [0.25, 0.3) is 5.95 Å². The number of aromatic amines is 1. The van der Waals surface area contributed by atoms with Crippen molar-refractivity contribution in [3.05, 3.63) is 29.7 Å². The first kappa shape index (κ1) is 10.1. The molecule has 0 fully saturated rings. The fourth-order valence-electron chi connectivity index (χ4n) is 1.04. The maximum atomic E-state index is 11.3. The van der Waals surface area contributed by atoms with E-state index in [0.29, 0.717) is 5.76 Å². The molecule has 0 aliphatic heterocycles. The smallest absolute Gasteiger partial charge is 0.288 e. The Kier molecular flexibility index (Phi) is 2.77. The quantitative estimate of drug-likeness (QED) is 0.585. The largest absolute Gasteiger partial charge is 0.859 e. The first-order valence-corrected chi connectivity index (χ1v) is 4.48. The number of aryl methyl sites for hydroxylation is 1. The number of aliphatic imine (C=N–C) groups is 1. The highest BCUT2D eigenvalue weighted by molar-refractivity contribution is 5.89. The molecule has 2 aromatic rings. The van der Waals surface area contributed by atoms with Crippen molar-refractivity contribution in [2.24, 2.45) is 4.99 Å². The summed E-state index contributed by atoms with van der Waals surface area (Å²) in [4.78, 5) is 3.56. The zero-order chi connectivity index (χ0) is 11.4. The number of nitrogens with one attached hydrogen (secondary N) is 1. The van der Waals surface area contributed by atoms with Crippen LogP contribution in [0.1, 0.15) is 11.5 Å². The molecule has 0 amide bonds. The highest BCUT2D eigenvalue weighted by Crippen LogP contribution is 2.07. The molecule has 0 unspecified atom stereocenters. The summed E-state index contributed by atoms with van der Waals surface area (Å²) >= 11 is 0. The van der Waals surface area contributed by atoms with Crippen molar-refractivity contribution in [1.29, 1.82) is 0 Å². The lowest BCUT2D eigenvalue weighted by atomic mass is 10.4. The molecule has 0 aliphatic rings. The van der Waals surface area contributed by atoms with Crippen LogP contribution < -0.4 is 5.11 Å². The van der Waals surface area contributed by atoms with Gasteiger partial charge in [0, 0.05) is 0 Å². The normalized spacial score (nSPS) is 12.4. The number of aromatic nitrogens is 4. The van der Waals surface area contributed by atoms with Crippen molar-refractivity contribution in [3.63, 3.8) is 0 Å². The molecule has 0 saturated heterocycles. The molecular formula is C9H8N5O2-. The summed E-state index contributed by atoms with van der Waals surface area (Å²) in [6.45, 7) is 1.82. The Balaban J connectivity index is 2.07. The lowest BCUT2D eigenvalue weighted by molar-refractivity contribution is -0.211. The van der Waals surface area contributed by atoms with E-state index in [9.17, 15) is 5.11 Å². The number of hydrogen-bond acceptors (Lipinski definition) is 6. The predicted octanol–water partition coefficient (Wildman–Crippen LogP) is 0.205. The van der Waals surface area contributed by atoms with Gasteiger partial charge < -0.3 is 9.52 Å². The third kappa shape index (κ3) is 2.53. The van der Waals surface area contributed by atoms with E-state index in [0.717, 1.165) is 5.76 Å². The van der Waals surface area contributed by atoms with Crippen molar-refractivity contribution in [2.75, 3.05) is 0 Å². The summed E-state index contributed by atoms with van der Waals surface area (Å²) < 4.78 is 5.24. The summed E-state index contributed by atoms with van der Waals surface area (Å²) in [5.41, 5.74) is 0. The summed E-state index contributed by atoms with van der Waals surface area (Å²) in [5.74, 6) is 0.900. The van der Waals surface area contributed by atoms with Crippen LogP contribution in [0.2, 0.25) is 0 Å². The molecule has 0 saturated carbocycles. The average Bonchev–Trinajstić information content (AvgIpc) is 2.87. The molecule has 16 heavy (non-hydrogen) atoms. The number of H-pyrrole nitrogens is 1. The van der Waals surface area contributed by atoms with Crippen molar-refractivity contribution in [2.45, 2.75) is 6.92 Å². The second kappa shape index (κ2) is 4.39. The monoisotopic (exact) mass is 218 g/mol. The van der Waals surface area contributed by atoms with Gasteiger partial charge in [0.05, 0.1) is 0 Å². The van der Waals surface area contributed by atoms with Crippen LogP contribution in [-0.2, 0) is 0 Å². The Labute approximate surface area is 90.5 Å². The number of hydrogen-bond donors (Lipinski definition) is 1. The Morgan fingerprint density at radius 3 is 3.06 bits per heavy atom. The van der Waals surface area contributed by atoms with E-state index in [1.54, 1.807) is 12.1 Å². The standard InChI is InChI=1S/C9H9N5O2/c1-6-2-3-7(16-6)4-5-8(15)10-9-11-13-14-12-9/h2-5H,1H3,(H2,10,11,12,13,14,15)/p-1/b5-4+. The third-order valence-electron chi connectivity index (χ3n) is 1.70. The molecule has 0 atom stereocenters. The van der Waals surface area contributed by atoms with Gasteiger partial charge in [-0.05, 0) is 42.3 Å². The Morgan fingerprint density at radius 1 is 1.56 bits per heavy atom. The molecule has 82 valence electrons. The van der Waals surface area contributed by atoms with Gasteiger partial charge >= 0.3 is 0 Å². The van der Waals surface area contributed by atoms with E-state index >= 15 is 0 Å². The SMILES string of the molecule is Cc1ccc(/C=C/C([O-])=Nc2nn[nH]n2)o1. The van der Waals surface area contributed by atoms with Gasteiger partial charge in [-0.1, -0.05) is 5.10 Å². The predicted molar refractivity (Wildman–Crippen MR) is 53.8 cm³/mol. The highest BCUT2D eigenvalue weighted by Gasteiger charge is 1.93. The third-order valence-corrected chi connectivity index (χ3v) is 1.70. The topological polar surface area (TPSA) is 103 Å². The van der Waals surface area contributed by atoms with Gasteiger partial charge in [0.2, 0.25) is 0 Å². The summed E-state index contributed by atoms with van der Waals surface area (Å²) in [6.07, 6.45) is 2.80. The van der Waals surface area contributed by atoms with Crippen molar-refractivity contribution in [3.8, 4) is 0 Å². The zero-order valence-corrected chi connectivity index (χ0v) is 8.41. The molecule has 1 N–H and O–H groups in total. The summed E-state index contributed by atoms with van der Waals surface area (Å²) in [7, 11) is 0. The van der Waals surface area contributed by atoms with Crippen LogP contribution in [0, 0.1) is 6.92 Å². The maximum absolute atomic E-state index is 11.3. The van der Waals surface area contributed by atoms with E-state index in [1.807, 2.05) is 6.92 Å². The molecule has 2 heterocycles. The van der Waals surface area contributed by atoms with Gasteiger partial charge in [0.1, 0.15) is 11.5 Å². The Bertz CT molecular complexity index is 512. The second-order valence-electron chi connectivity index (χ2n) is 2.94. The fraction of sp³-hybridized carbons (Fsp3) is 0.111. The first-order valence-electron chi connectivity index (χ1n) is 4.48. The molecule has 0 aliphatic carbocycles. The minimum atomic E-state index is -0.476. The molecule has 0 radical (unpaired) electrons. The molecule has 7 heteroatoms. The molecular weight excluding hydrogens is 210 g/mol. The number of tetrazole rings is 1. The van der Waals surface area contributed by atoms with E-state index in [2.05, 4.69) is 25.6 Å². The average molecular weight is 218 g/mol. The van der Waals surface area contributed by atoms with Crippen LogP contribution in [0.25, 0.3) is 6.08 Å². The van der Waals surface area contributed by atoms with Crippen molar-refractivity contribution in [1.82, 2.24) is 20.6 Å². The van der Waals surface area contributed by atoms with E-state index in [4.69, 9.17) is 4.42 Å². The van der Waals surface area contributed by atoms with E-state index in [-0.39, 0.29) is 5.95 Å². The van der Waals surface area contributed by atoms with Gasteiger partial charge in [-0.2, -0.15) is 5.21 Å².